The van der Waals surface area contributed by atoms with Crippen molar-refractivity contribution in [2.75, 3.05) is 11.4 Å². The van der Waals surface area contributed by atoms with Gasteiger partial charge in [-0.05, 0) is 37.5 Å². The highest BCUT2D eigenvalue weighted by atomic mass is 16.4. The summed E-state index contributed by atoms with van der Waals surface area (Å²) in [6.07, 6.45) is 1.87. The molecule has 1 unspecified atom stereocenters. The number of para-hydroxylation sites is 1. The van der Waals surface area contributed by atoms with Crippen LogP contribution >= 0.6 is 0 Å². The van der Waals surface area contributed by atoms with Gasteiger partial charge < -0.3 is 10.0 Å². The Hall–Kier alpha value is -2.29. The molecule has 0 aromatic heterocycles. The molecule has 1 atom stereocenters. The van der Waals surface area contributed by atoms with Gasteiger partial charge in [-0.1, -0.05) is 48.5 Å². The molecule has 0 amide bonds. The molecule has 0 spiro atoms. The molecule has 0 radical (unpaired) electrons. The van der Waals surface area contributed by atoms with Crippen LogP contribution in [0.3, 0.4) is 0 Å². The summed E-state index contributed by atoms with van der Waals surface area (Å²) < 4.78 is 0. The van der Waals surface area contributed by atoms with Crippen molar-refractivity contribution in [3.05, 3.63) is 66.2 Å². The van der Waals surface area contributed by atoms with Gasteiger partial charge in [0.25, 0.3) is 0 Å². The summed E-state index contributed by atoms with van der Waals surface area (Å²) in [6.45, 7) is 2.11. The monoisotopic (exact) mass is 283 g/mol. The Morgan fingerprint density at radius 1 is 1.05 bits per heavy atom. The van der Waals surface area contributed by atoms with Crippen LogP contribution in [0.4, 0.5) is 5.69 Å². The summed E-state index contributed by atoms with van der Waals surface area (Å²) in [4.78, 5) is 13.1. The molecule has 0 bridgehead atoms. The summed E-state index contributed by atoms with van der Waals surface area (Å²) >= 11 is 0. The molecule has 0 saturated carbocycles. The minimum absolute atomic E-state index is 0.0277. The predicted molar refractivity (Wildman–Crippen MR) is 85.6 cm³/mol. The smallest absolute Gasteiger partial charge is 0.323 e. The highest BCUT2D eigenvalue weighted by Crippen LogP contribution is 2.19. The SMILES string of the molecule is CC(CCc1ccccc1)N(CC(=O)O)c1ccccc1. The number of anilines is 1. The van der Waals surface area contributed by atoms with Gasteiger partial charge in [0.15, 0.2) is 0 Å². The first kappa shape index (κ1) is 15.1. The molecule has 3 nitrogen and oxygen atoms in total. The van der Waals surface area contributed by atoms with E-state index in [1.807, 2.05) is 53.4 Å². The maximum Gasteiger partial charge on any atom is 0.323 e. The first-order chi connectivity index (χ1) is 10.2. The van der Waals surface area contributed by atoms with Crippen molar-refractivity contribution in [3.63, 3.8) is 0 Å². The second-order valence-corrected chi connectivity index (χ2v) is 5.23. The van der Waals surface area contributed by atoms with Gasteiger partial charge >= 0.3 is 5.97 Å². The molecule has 110 valence electrons. The van der Waals surface area contributed by atoms with E-state index in [0.717, 1.165) is 18.5 Å². The van der Waals surface area contributed by atoms with E-state index >= 15 is 0 Å². The lowest BCUT2D eigenvalue weighted by Gasteiger charge is -2.30. The van der Waals surface area contributed by atoms with Crippen LogP contribution in [-0.4, -0.2) is 23.7 Å². The van der Waals surface area contributed by atoms with Gasteiger partial charge in [-0.2, -0.15) is 0 Å². The first-order valence-corrected chi connectivity index (χ1v) is 7.24. The standard InChI is InChI=1S/C18H21NO2/c1-15(12-13-16-8-4-2-5-9-16)19(14-18(20)21)17-10-6-3-7-11-17/h2-11,15H,12-14H2,1H3,(H,20,21). The van der Waals surface area contributed by atoms with Crippen LogP contribution in [0.2, 0.25) is 0 Å². The lowest BCUT2D eigenvalue weighted by atomic mass is 10.0. The van der Waals surface area contributed by atoms with E-state index in [9.17, 15) is 4.79 Å². The van der Waals surface area contributed by atoms with Gasteiger partial charge in [-0.15, -0.1) is 0 Å². The lowest BCUT2D eigenvalue weighted by molar-refractivity contribution is -0.135. The molecule has 0 saturated heterocycles. The zero-order valence-electron chi connectivity index (χ0n) is 12.3. The van der Waals surface area contributed by atoms with E-state index in [-0.39, 0.29) is 12.6 Å². The number of carboxylic acids is 1. The predicted octanol–water partition coefficient (Wildman–Crippen LogP) is 3.60. The Labute approximate surface area is 125 Å². The minimum Gasteiger partial charge on any atom is -0.480 e. The second kappa shape index (κ2) is 7.48. The van der Waals surface area contributed by atoms with Crippen molar-refractivity contribution < 1.29 is 9.90 Å². The summed E-state index contributed by atoms with van der Waals surface area (Å²) in [6, 6.07) is 20.2. The van der Waals surface area contributed by atoms with Crippen LogP contribution in [0, 0.1) is 0 Å². The molecule has 0 aliphatic carbocycles. The molecule has 0 aliphatic rings. The number of carboxylic acid groups (broad SMARTS) is 1. The summed E-state index contributed by atoms with van der Waals surface area (Å²) in [5.41, 5.74) is 2.24. The third kappa shape index (κ3) is 4.63. The Morgan fingerprint density at radius 3 is 2.19 bits per heavy atom. The largest absolute Gasteiger partial charge is 0.480 e. The quantitative estimate of drug-likeness (QED) is 0.844. The summed E-state index contributed by atoms with van der Waals surface area (Å²) in [7, 11) is 0. The Balaban J connectivity index is 2.04. The Morgan fingerprint density at radius 2 is 1.62 bits per heavy atom. The van der Waals surface area contributed by atoms with Gasteiger partial charge in [0.1, 0.15) is 6.54 Å². The van der Waals surface area contributed by atoms with Crippen molar-refractivity contribution in [2.45, 2.75) is 25.8 Å². The van der Waals surface area contributed by atoms with Gasteiger partial charge in [0.2, 0.25) is 0 Å². The van der Waals surface area contributed by atoms with Crippen LogP contribution in [0.15, 0.2) is 60.7 Å². The number of aliphatic carboxylic acids is 1. The Kier molecular flexibility index (Phi) is 5.38. The van der Waals surface area contributed by atoms with Gasteiger partial charge in [0.05, 0.1) is 0 Å². The van der Waals surface area contributed by atoms with E-state index in [1.54, 1.807) is 0 Å². The number of hydrogen-bond donors (Lipinski definition) is 1. The molecule has 0 fully saturated rings. The number of rotatable bonds is 7. The average molecular weight is 283 g/mol. The molecule has 2 aromatic rings. The third-order valence-corrected chi connectivity index (χ3v) is 3.62. The molecule has 2 aromatic carbocycles. The van der Waals surface area contributed by atoms with Crippen LogP contribution in [-0.2, 0) is 11.2 Å². The first-order valence-electron chi connectivity index (χ1n) is 7.24. The Bertz CT molecular complexity index is 554. The van der Waals surface area contributed by atoms with Crippen LogP contribution in [0.25, 0.3) is 0 Å². The third-order valence-electron chi connectivity index (χ3n) is 3.62. The fraction of sp³-hybridized carbons (Fsp3) is 0.278. The average Bonchev–Trinajstić information content (AvgIpc) is 2.52. The topological polar surface area (TPSA) is 40.5 Å². The molecule has 0 aliphatic heterocycles. The molecular formula is C18H21NO2. The van der Waals surface area contributed by atoms with Crippen LogP contribution in [0.5, 0.6) is 0 Å². The van der Waals surface area contributed by atoms with E-state index in [0.29, 0.717) is 0 Å². The molecule has 3 heteroatoms. The summed E-state index contributed by atoms with van der Waals surface area (Å²) in [5.74, 6) is -0.801. The molecule has 0 heterocycles. The van der Waals surface area contributed by atoms with Gasteiger partial charge in [-0.3, -0.25) is 4.79 Å². The summed E-state index contributed by atoms with van der Waals surface area (Å²) in [5, 5.41) is 9.14. The highest BCUT2D eigenvalue weighted by Gasteiger charge is 2.17. The highest BCUT2D eigenvalue weighted by molar-refractivity contribution is 5.74. The van der Waals surface area contributed by atoms with E-state index in [4.69, 9.17) is 5.11 Å². The molecule has 1 N–H and O–H groups in total. The number of carbonyl (C=O) groups is 1. The second-order valence-electron chi connectivity index (χ2n) is 5.23. The normalized spacial score (nSPS) is 11.9. The maximum absolute atomic E-state index is 11.1. The van der Waals surface area contributed by atoms with Crippen molar-refractivity contribution >= 4 is 11.7 Å². The molecule has 2 rings (SSSR count). The van der Waals surface area contributed by atoms with Crippen molar-refractivity contribution in [1.82, 2.24) is 0 Å². The van der Waals surface area contributed by atoms with Gasteiger partial charge in [0, 0.05) is 11.7 Å². The number of aryl methyl sites for hydroxylation is 1. The van der Waals surface area contributed by atoms with E-state index in [2.05, 4.69) is 19.1 Å². The zero-order chi connectivity index (χ0) is 15.1. The van der Waals surface area contributed by atoms with Crippen LogP contribution in [0.1, 0.15) is 18.9 Å². The van der Waals surface area contributed by atoms with Crippen molar-refractivity contribution in [2.24, 2.45) is 0 Å². The van der Waals surface area contributed by atoms with E-state index < -0.39 is 5.97 Å². The number of hydrogen-bond acceptors (Lipinski definition) is 2. The number of benzene rings is 2. The van der Waals surface area contributed by atoms with E-state index in [1.165, 1.54) is 5.56 Å². The lowest BCUT2D eigenvalue weighted by Crippen LogP contribution is -2.37. The molecule has 21 heavy (non-hydrogen) atoms. The van der Waals surface area contributed by atoms with Crippen molar-refractivity contribution in [1.29, 1.82) is 0 Å². The van der Waals surface area contributed by atoms with Gasteiger partial charge in [-0.25, -0.2) is 0 Å². The fourth-order valence-electron chi connectivity index (χ4n) is 2.44. The minimum atomic E-state index is -0.801. The van der Waals surface area contributed by atoms with Crippen LogP contribution < -0.4 is 4.90 Å². The fourth-order valence-corrected chi connectivity index (χ4v) is 2.44. The maximum atomic E-state index is 11.1. The molecular weight excluding hydrogens is 262 g/mol. The van der Waals surface area contributed by atoms with Crippen molar-refractivity contribution in [3.8, 4) is 0 Å². The number of nitrogens with zero attached hydrogens (tertiary/aromatic N) is 1. The zero-order valence-corrected chi connectivity index (χ0v) is 12.3.